The van der Waals surface area contributed by atoms with Crippen molar-refractivity contribution in [1.29, 1.82) is 0 Å². The summed E-state index contributed by atoms with van der Waals surface area (Å²) in [7, 11) is 0. The number of hydrogen-bond acceptors (Lipinski definition) is 5. The van der Waals surface area contributed by atoms with Crippen LogP contribution in [0.25, 0.3) is 0 Å². The van der Waals surface area contributed by atoms with E-state index in [9.17, 15) is 14.4 Å². The summed E-state index contributed by atoms with van der Waals surface area (Å²) in [6, 6.07) is 14.8. The molecule has 1 fully saturated rings. The fourth-order valence-electron chi connectivity index (χ4n) is 4.45. The highest BCUT2D eigenvalue weighted by molar-refractivity contribution is 6.00. The van der Waals surface area contributed by atoms with Crippen molar-refractivity contribution in [1.82, 2.24) is 5.32 Å². The average molecular weight is 465 g/mol. The van der Waals surface area contributed by atoms with E-state index in [0.29, 0.717) is 11.4 Å². The smallest absolute Gasteiger partial charge is 0.267 e. The van der Waals surface area contributed by atoms with Crippen LogP contribution >= 0.6 is 0 Å². The molecule has 0 radical (unpaired) electrons. The molecule has 3 amide bonds. The molecule has 2 unspecified atom stereocenters. The van der Waals surface area contributed by atoms with Crippen molar-refractivity contribution < 1.29 is 19.1 Å². The minimum absolute atomic E-state index is 0.136. The minimum atomic E-state index is -0.593. The number of anilines is 3. The van der Waals surface area contributed by atoms with Crippen LogP contribution < -0.4 is 25.2 Å². The maximum Gasteiger partial charge on any atom is 0.267 e. The Hall–Kier alpha value is -3.55. The minimum Gasteiger partial charge on any atom is -0.479 e. The van der Waals surface area contributed by atoms with Gasteiger partial charge in [-0.15, -0.1) is 0 Å². The first-order valence-electron chi connectivity index (χ1n) is 11.9. The van der Waals surface area contributed by atoms with E-state index in [0.717, 1.165) is 24.5 Å². The normalized spacial score (nSPS) is 18.2. The molecule has 2 N–H and O–H groups in total. The van der Waals surface area contributed by atoms with E-state index in [1.165, 1.54) is 12.8 Å². The Kier molecular flexibility index (Phi) is 7.35. The van der Waals surface area contributed by atoms with Gasteiger partial charge in [0.15, 0.2) is 6.10 Å². The Morgan fingerprint density at radius 1 is 1.09 bits per heavy atom. The van der Waals surface area contributed by atoms with Gasteiger partial charge in [0.25, 0.3) is 5.91 Å². The first kappa shape index (κ1) is 23.6. The second kappa shape index (κ2) is 10.6. The van der Waals surface area contributed by atoms with Gasteiger partial charge >= 0.3 is 0 Å². The van der Waals surface area contributed by atoms with Gasteiger partial charge in [-0.3, -0.25) is 14.4 Å². The SMILES string of the molecule is CC(CC(=O)Nc1cccc(N2CCCC2)c1)NC(=O)CCN1C(=O)C(C)Oc2ccccc21. The van der Waals surface area contributed by atoms with Gasteiger partial charge < -0.3 is 25.2 Å². The first-order chi connectivity index (χ1) is 16.4. The fraction of sp³-hybridized carbons (Fsp3) is 0.423. The second-order valence-electron chi connectivity index (χ2n) is 8.93. The van der Waals surface area contributed by atoms with Crippen LogP contribution in [-0.4, -0.2) is 49.5 Å². The summed E-state index contributed by atoms with van der Waals surface area (Å²) in [6.45, 7) is 5.84. The number of amides is 3. The zero-order chi connectivity index (χ0) is 24.1. The molecule has 8 heteroatoms. The molecule has 0 aromatic heterocycles. The molecule has 2 aliphatic rings. The lowest BCUT2D eigenvalue weighted by Crippen LogP contribution is -2.46. The number of nitrogens with zero attached hydrogens (tertiary/aromatic N) is 2. The van der Waals surface area contributed by atoms with E-state index in [2.05, 4.69) is 21.6 Å². The quantitative estimate of drug-likeness (QED) is 0.625. The standard InChI is InChI=1S/C26H32N4O4/c1-18(16-25(32)28-20-8-7-9-21(17-20)29-13-5-6-14-29)27-24(31)12-15-30-22-10-3-4-11-23(22)34-19(2)26(30)33/h3-4,7-11,17-19H,5-6,12-16H2,1-2H3,(H,27,31)(H,28,32). The number of carbonyl (C=O) groups is 3. The molecule has 2 aromatic carbocycles. The average Bonchev–Trinajstić information content (AvgIpc) is 3.34. The third-order valence-electron chi connectivity index (χ3n) is 6.14. The molecule has 2 heterocycles. The molecule has 2 aliphatic heterocycles. The Labute approximate surface area is 200 Å². The number of benzene rings is 2. The number of para-hydroxylation sites is 2. The van der Waals surface area contributed by atoms with E-state index < -0.39 is 6.10 Å². The first-order valence-corrected chi connectivity index (χ1v) is 11.9. The molecular weight excluding hydrogens is 432 g/mol. The number of rotatable bonds is 8. The lowest BCUT2D eigenvalue weighted by molar-refractivity contribution is -0.125. The molecule has 0 bridgehead atoms. The lowest BCUT2D eigenvalue weighted by Gasteiger charge is -2.32. The van der Waals surface area contributed by atoms with Gasteiger partial charge in [0.05, 0.1) is 5.69 Å². The largest absolute Gasteiger partial charge is 0.479 e. The number of hydrogen-bond donors (Lipinski definition) is 2. The molecule has 8 nitrogen and oxygen atoms in total. The Bertz CT molecular complexity index is 1050. The van der Waals surface area contributed by atoms with Gasteiger partial charge in [-0.1, -0.05) is 18.2 Å². The molecule has 2 aromatic rings. The maximum atomic E-state index is 12.6. The van der Waals surface area contributed by atoms with Crippen LogP contribution in [0.3, 0.4) is 0 Å². The van der Waals surface area contributed by atoms with Gasteiger partial charge in [-0.2, -0.15) is 0 Å². The number of ether oxygens (including phenoxy) is 1. The monoisotopic (exact) mass is 464 g/mol. The highest BCUT2D eigenvalue weighted by Gasteiger charge is 2.31. The summed E-state index contributed by atoms with van der Waals surface area (Å²) < 4.78 is 5.64. The third kappa shape index (κ3) is 5.68. The van der Waals surface area contributed by atoms with Crippen molar-refractivity contribution in [3.8, 4) is 5.75 Å². The van der Waals surface area contributed by atoms with Gasteiger partial charge in [0, 0.05) is 49.9 Å². The number of nitrogens with one attached hydrogen (secondary N) is 2. The van der Waals surface area contributed by atoms with Crippen molar-refractivity contribution in [3.05, 3.63) is 48.5 Å². The molecule has 4 rings (SSSR count). The molecule has 1 saturated heterocycles. The summed E-state index contributed by atoms with van der Waals surface area (Å²) in [5, 5.41) is 5.80. The van der Waals surface area contributed by atoms with E-state index >= 15 is 0 Å². The van der Waals surface area contributed by atoms with Crippen molar-refractivity contribution in [3.63, 3.8) is 0 Å². The van der Waals surface area contributed by atoms with Crippen LogP contribution in [0.4, 0.5) is 17.1 Å². The zero-order valence-electron chi connectivity index (χ0n) is 19.8. The van der Waals surface area contributed by atoms with Crippen molar-refractivity contribution in [2.24, 2.45) is 0 Å². The van der Waals surface area contributed by atoms with Gasteiger partial charge in [-0.25, -0.2) is 0 Å². The summed E-state index contributed by atoms with van der Waals surface area (Å²) in [6.07, 6.45) is 2.09. The summed E-state index contributed by atoms with van der Waals surface area (Å²) in [4.78, 5) is 41.5. The fourth-order valence-corrected chi connectivity index (χ4v) is 4.45. The second-order valence-corrected chi connectivity index (χ2v) is 8.93. The predicted octanol–water partition coefficient (Wildman–Crippen LogP) is 3.32. The summed E-state index contributed by atoms with van der Waals surface area (Å²) in [5.41, 5.74) is 2.54. The van der Waals surface area contributed by atoms with Gasteiger partial charge in [-0.05, 0) is 57.0 Å². The zero-order valence-corrected chi connectivity index (χ0v) is 19.8. The van der Waals surface area contributed by atoms with Gasteiger partial charge in [0.2, 0.25) is 11.8 Å². The van der Waals surface area contributed by atoms with Crippen molar-refractivity contribution in [2.75, 3.05) is 34.8 Å². The van der Waals surface area contributed by atoms with Crippen molar-refractivity contribution in [2.45, 2.75) is 51.7 Å². The number of carbonyl (C=O) groups excluding carboxylic acids is 3. The van der Waals surface area contributed by atoms with Crippen molar-refractivity contribution >= 4 is 34.8 Å². The van der Waals surface area contributed by atoms with E-state index in [1.54, 1.807) is 18.7 Å². The van der Waals surface area contributed by atoms with Crippen LogP contribution in [0.1, 0.15) is 39.5 Å². The molecule has 0 aliphatic carbocycles. The third-order valence-corrected chi connectivity index (χ3v) is 6.14. The molecule has 0 spiro atoms. The Morgan fingerprint density at radius 3 is 2.65 bits per heavy atom. The van der Waals surface area contributed by atoms with E-state index in [-0.39, 0.29) is 43.1 Å². The van der Waals surface area contributed by atoms with E-state index in [4.69, 9.17) is 4.74 Å². The van der Waals surface area contributed by atoms with Crippen LogP contribution in [0.5, 0.6) is 5.75 Å². The van der Waals surface area contributed by atoms with Crippen LogP contribution in [0.2, 0.25) is 0 Å². The molecule has 34 heavy (non-hydrogen) atoms. The predicted molar refractivity (Wildman–Crippen MR) is 132 cm³/mol. The summed E-state index contributed by atoms with van der Waals surface area (Å²) in [5.74, 6) is 0.0992. The van der Waals surface area contributed by atoms with Crippen LogP contribution in [-0.2, 0) is 14.4 Å². The maximum absolute atomic E-state index is 12.6. The van der Waals surface area contributed by atoms with Gasteiger partial charge in [0.1, 0.15) is 5.75 Å². The molecule has 180 valence electrons. The number of fused-ring (bicyclic) bond motifs is 1. The highest BCUT2D eigenvalue weighted by atomic mass is 16.5. The van der Waals surface area contributed by atoms with Crippen LogP contribution in [0, 0.1) is 0 Å². The Balaban J connectivity index is 1.25. The van der Waals surface area contributed by atoms with Crippen LogP contribution in [0.15, 0.2) is 48.5 Å². The molecular formula is C26H32N4O4. The topological polar surface area (TPSA) is 91.0 Å². The molecule has 0 saturated carbocycles. The Morgan fingerprint density at radius 2 is 1.85 bits per heavy atom. The molecule has 2 atom stereocenters. The summed E-state index contributed by atoms with van der Waals surface area (Å²) >= 11 is 0. The lowest BCUT2D eigenvalue weighted by atomic mass is 10.1. The van der Waals surface area contributed by atoms with E-state index in [1.807, 2.05) is 42.5 Å². The highest BCUT2D eigenvalue weighted by Crippen LogP contribution is 2.33.